The molecule has 85 valence electrons. The van der Waals surface area contributed by atoms with Crippen LogP contribution in [-0.2, 0) is 4.74 Å². The Labute approximate surface area is 103 Å². The Balaban J connectivity index is 2.60. The molecule has 3 N–H and O–H groups in total. The van der Waals surface area contributed by atoms with Gasteiger partial charge in [0.25, 0.3) is 0 Å². The molecule has 0 atom stereocenters. The first kappa shape index (κ1) is 12.8. The molecule has 8 heteroatoms. The zero-order valence-corrected chi connectivity index (χ0v) is 10.6. The number of esters is 1. The minimum absolute atomic E-state index is 0.257. The van der Waals surface area contributed by atoms with Gasteiger partial charge in [0.15, 0.2) is 0 Å². The van der Waals surface area contributed by atoms with Gasteiger partial charge in [-0.3, -0.25) is 0 Å². The van der Waals surface area contributed by atoms with E-state index in [1.54, 1.807) is 17.4 Å². The van der Waals surface area contributed by atoms with Gasteiger partial charge in [0.1, 0.15) is 0 Å². The second-order valence-corrected chi connectivity index (χ2v) is 5.07. The van der Waals surface area contributed by atoms with Crippen LogP contribution in [0.5, 0.6) is 0 Å². The van der Waals surface area contributed by atoms with Crippen LogP contribution in [-0.4, -0.2) is 29.4 Å². The number of pyridine rings is 1. The average Bonchev–Trinajstić information content (AvgIpc) is 2.28. The molecule has 0 saturated heterocycles. The fourth-order valence-electron chi connectivity index (χ4n) is 0.833. The van der Waals surface area contributed by atoms with E-state index in [2.05, 4.69) is 14.9 Å². The Kier molecular flexibility index (Phi) is 5.03. The number of aromatic nitrogens is 1. The van der Waals surface area contributed by atoms with Crippen molar-refractivity contribution in [1.29, 1.82) is 0 Å². The molecule has 1 aromatic heterocycles. The van der Waals surface area contributed by atoms with Crippen molar-refractivity contribution in [2.24, 2.45) is 5.73 Å². The van der Waals surface area contributed by atoms with Crippen LogP contribution in [0.4, 0.5) is 4.79 Å². The first-order valence-electron chi connectivity index (χ1n) is 4.19. The van der Waals surface area contributed by atoms with E-state index in [0.29, 0.717) is 0 Å². The third kappa shape index (κ3) is 4.05. The van der Waals surface area contributed by atoms with Crippen molar-refractivity contribution < 1.29 is 35.3 Å². The van der Waals surface area contributed by atoms with Crippen LogP contribution in [0.1, 0.15) is 10.5 Å². The Morgan fingerprint density at radius 1 is 1.62 bits per heavy atom. The van der Waals surface area contributed by atoms with Gasteiger partial charge in [0.2, 0.25) is 0 Å². The van der Waals surface area contributed by atoms with Crippen LogP contribution in [0.25, 0.3) is 0 Å². The molecule has 0 aliphatic rings. The molecule has 1 aromatic rings. The Morgan fingerprint density at radius 3 is 3.00 bits per heavy atom. The topological polar surface area (TPSA) is 94.3 Å². The van der Waals surface area contributed by atoms with Gasteiger partial charge in [-0.05, 0) is 0 Å². The van der Waals surface area contributed by atoms with Gasteiger partial charge in [-0.1, -0.05) is 0 Å². The molecule has 1 rings (SSSR count). The van der Waals surface area contributed by atoms with Crippen molar-refractivity contribution in [3.8, 4) is 0 Å². The van der Waals surface area contributed by atoms with Crippen molar-refractivity contribution in [1.82, 2.24) is 10.2 Å². The standard InChI is InChI=1S/C8H9BIN3O3/c1-16-7(14)6-4-5(2-3-12-6)10-9-13-8(11)15/h2-4H,1H3,(H3,11,13,15)/q-1. The molecule has 2 amide bonds. The SMILES string of the molecule is COC(=O)c1cc([I-][B]NC(N)=O)ccn1. The number of carbonyl (C=O) groups is 2. The predicted octanol–water partition coefficient (Wildman–Crippen LogP) is -3.67. The fourth-order valence-corrected chi connectivity index (χ4v) is 2.50. The summed E-state index contributed by atoms with van der Waals surface area (Å²) < 4.78 is 5.48. The number of ether oxygens (including phenoxy) is 1. The summed E-state index contributed by atoms with van der Waals surface area (Å²) in [5, 5.41) is 3.99. The number of amides is 2. The van der Waals surface area contributed by atoms with E-state index in [1.807, 2.05) is 0 Å². The van der Waals surface area contributed by atoms with Crippen LogP contribution < -0.4 is 31.9 Å². The van der Waals surface area contributed by atoms with E-state index in [0.717, 1.165) is 3.57 Å². The molecule has 0 aliphatic heterocycles. The first-order valence-corrected chi connectivity index (χ1v) is 6.51. The van der Waals surface area contributed by atoms with Crippen LogP contribution >= 0.6 is 0 Å². The van der Waals surface area contributed by atoms with Crippen LogP contribution in [0, 0.1) is 3.57 Å². The van der Waals surface area contributed by atoms with Gasteiger partial charge >= 0.3 is 103 Å². The van der Waals surface area contributed by atoms with E-state index in [9.17, 15) is 9.59 Å². The van der Waals surface area contributed by atoms with Gasteiger partial charge in [0.05, 0.1) is 0 Å². The predicted molar refractivity (Wildman–Crippen MR) is 52.7 cm³/mol. The fraction of sp³-hybridized carbons (Fsp3) is 0.125. The first-order chi connectivity index (χ1) is 7.63. The van der Waals surface area contributed by atoms with E-state index < -0.39 is 33.0 Å². The van der Waals surface area contributed by atoms with Gasteiger partial charge in [-0.25, -0.2) is 0 Å². The number of nitrogens with one attached hydrogen (secondary N) is 1. The molecular formula is C8H9BIN3O3-. The van der Waals surface area contributed by atoms with Gasteiger partial charge < -0.3 is 0 Å². The molecule has 6 nitrogen and oxygen atoms in total. The monoisotopic (exact) mass is 333 g/mol. The summed E-state index contributed by atoms with van der Waals surface area (Å²) >= 11 is -0.539. The quantitative estimate of drug-likeness (QED) is 0.337. The van der Waals surface area contributed by atoms with Crippen molar-refractivity contribution in [3.05, 3.63) is 27.6 Å². The molecule has 0 fully saturated rings. The van der Waals surface area contributed by atoms with E-state index in [1.165, 1.54) is 13.3 Å². The summed E-state index contributed by atoms with van der Waals surface area (Å²) in [4.78, 5) is 25.5. The normalized spacial score (nSPS) is 9.56. The second kappa shape index (κ2) is 6.31. The number of nitrogens with zero attached hydrogens (tertiary/aromatic N) is 1. The zero-order valence-electron chi connectivity index (χ0n) is 8.44. The summed E-state index contributed by atoms with van der Waals surface area (Å²) in [7, 11) is 1.30. The molecule has 0 aromatic carbocycles. The average molecular weight is 333 g/mol. The number of hydrogen-bond acceptors (Lipinski definition) is 4. The van der Waals surface area contributed by atoms with Gasteiger partial charge in [-0.15, -0.1) is 0 Å². The number of hydrogen-bond donors (Lipinski definition) is 2. The summed E-state index contributed by atoms with van der Waals surface area (Å²) in [5.41, 5.74) is 5.16. The van der Waals surface area contributed by atoms with Gasteiger partial charge in [-0.2, -0.15) is 0 Å². The Hall–Kier alpha value is -1.32. The van der Waals surface area contributed by atoms with E-state index in [-0.39, 0.29) is 5.69 Å². The number of urea groups is 1. The van der Waals surface area contributed by atoms with E-state index >= 15 is 0 Å². The van der Waals surface area contributed by atoms with Crippen LogP contribution in [0.15, 0.2) is 18.3 Å². The molecule has 0 spiro atoms. The van der Waals surface area contributed by atoms with Gasteiger partial charge in [0, 0.05) is 0 Å². The number of rotatable bonds is 4. The molecule has 0 bridgehead atoms. The summed E-state index contributed by atoms with van der Waals surface area (Å²) in [6.45, 7) is 0. The number of halogens is 1. The van der Waals surface area contributed by atoms with Crippen molar-refractivity contribution in [2.45, 2.75) is 0 Å². The molecule has 0 saturated carbocycles. The van der Waals surface area contributed by atoms with E-state index in [4.69, 9.17) is 5.73 Å². The maximum absolute atomic E-state index is 11.2. The second-order valence-electron chi connectivity index (χ2n) is 2.58. The summed E-state index contributed by atoms with van der Waals surface area (Å²) in [6, 6.07) is 2.82. The van der Waals surface area contributed by atoms with Crippen molar-refractivity contribution in [3.63, 3.8) is 0 Å². The maximum atomic E-state index is 11.2. The minimum atomic E-state index is -0.595. The number of carbonyl (C=O) groups excluding carboxylic acids is 2. The van der Waals surface area contributed by atoms with Crippen LogP contribution in [0.3, 0.4) is 0 Å². The number of primary amides is 1. The molecule has 16 heavy (non-hydrogen) atoms. The third-order valence-corrected chi connectivity index (χ3v) is 3.51. The van der Waals surface area contributed by atoms with Crippen molar-refractivity contribution >= 4 is 17.3 Å². The molecular weight excluding hydrogens is 324 g/mol. The van der Waals surface area contributed by atoms with Crippen molar-refractivity contribution in [2.75, 3.05) is 7.11 Å². The molecule has 1 heterocycles. The third-order valence-electron chi connectivity index (χ3n) is 1.49. The van der Waals surface area contributed by atoms with Crippen LogP contribution in [0.2, 0.25) is 0 Å². The molecule has 1 radical (unpaired) electrons. The Bertz CT molecular complexity index is 402. The zero-order chi connectivity index (χ0) is 12.0. The molecule has 0 unspecified atom stereocenters. The molecule has 0 aliphatic carbocycles. The number of methoxy groups -OCH3 is 1. The summed E-state index contributed by atoms with van der Waals surface area (Å²) in [6.07, 6.45) is 1.53. The Morgan fingerprint density at radius 2 is 2.38 bits per heavy atom. The summed E-state index contributed by atoms with van der Waals surface area (Å²) in [5.74, 6) is -0.478. The number of nitrogens with two attached hydrogens (primary N) is 1.